The molecule has 2 N–H and O–H groups in total. The quantitative estimate of drug-likeness (QED) is 0.658. The van der Waals surface area contributed by atoms with Gasteiger partial charge in [0.1, 0.15) is 0 Å². The van der Waals surface area contributed by atoms with E-state index in [-0.39, 0.29) is 5.91 Å². The molecule has 0 aliphatic rings. The summed E-state index contributed by atoms with van der Waals surface area (Å²) in [5.41, 5.74) is 5.58. The highest BCUT2D eigenvalue weighted by molar-refractivity contribution is 5.75. The smallest absolute Gasteiger partial charge is 0.222 e. The molecule has 0 fully saturated rings. The van der Waals surface area contributed by atoms with Gasteiger partial charge in [0.15, 0.2) is 0 Å². The van der Waals surface area contributed by atoms with Gasteiger partial charge in [-0.25, -0.2) is 0 Å². The van der Waals surface area contributed by atoms with Gasteiger partial charge < -0.3 is 10.6 Å². The Morgan fingerprint density at radius 1 is 1.19 bits per heavy atom. The van der Waals surface area contributed by atoms with E-state index in [1.807, 2.05) is 11.9 Å². The van der Waals surface area contributed by atoms with E-state index in [2.05, 4.69) is 13.8 Å². The third-order valence-electron chi connectivity index (χ3n) is 3.02. The summed E-state index contributed by atoms with van der Waals surface area (Å²) in [6.07, 6.45) is 6.15. The summed E-state index contributed by atoms with van der Waals surface area (Å²) in [4.78, 5) is 13.6. The number of rotatable bonds is 9. The summed E-state index contributed by atoms with van der Waals surface area (Å²) >= 11 is 0. The zero-order valence-electron chi connectivity index (χ0n) is 11.2. The van der Waals surface area contributed by atoms with Crippen LogP contribution in [0.5, 0.6) is 0 Å². The molecule has 0 heterocycles. The van der Waals surface area contributed by atoms with Crippen LogP contribution in [-0.2, 0) is 4.79 Å². The van der Waals surface area contributed by atoms with E-state index in [0.717, 1.165) is 32.4 Å². The van der Waals surface area contributed by atoms with Gasteiger partial charge in [0.25, 0.3) is 0 Å². The number of amides is 1. The number of hydrogen-bond acceptors (Lipinski definition) is 2. The van der Waals surface area contributed by atoms with Crippen LogP contribution in [0.1, 0.15) is 52.4 Å². The van der Waals surface area contributed by atoms with E-state index in [9.17, 15) is 4.79 Å². The summed E-state index contributed by atoms with van der Waals surface area (Å²) in [5.74, 6) is 0.911. The lowest BCUT2D eigenvalue weighted by Crippen LogP contribution is -2.27. The second-order valence-corrected chi connectivity index (χ2v) is 4.59. The highest BCUT2D eigenvalue weighted by Gasteiger charge is 2.12. The molecule has 0 aromatic carbocycles. The van der Waals surface area contributed by atoms with Gasteiger partial charge in [-0.2, -0.15) is 0 Å². The van der Waals surface area contributed by atoms with Crippen LogP contribution in [0.3, 0.4) is 0 Å². The Morgan fingerprint density at radius 2 is 1.88 bits per heavy atom. The molecular weight excluding hydrogens is 200 g/mol. The van der Waals surface area contributed by atoms with Gasteiger partial charge in [0, 0.05) is 20.0 Å². The number of carbonyl (C=O) groups is 1. The van der Waals surface area contributed by atoms with Gasteiger partial charge in [-0.05, 0) is 31.7 Å². The molecule has 0 bridgehead atoms. The minimum Gasteiger partial charge on any atom is -0.346 e. The van der Waals surface area contributed by atoms with Gasteiger partial charge >= 0.3 is 0 Å². The third kappa shape index (κ3) is 6.83. The van der Waals surface area contributed by atoms with Crippen molar-refractivity contribution in [3.8, 4) is 0 Å². The van der Waals surface area contributed by atoms with Crippen LogP contribution in [-0.4, -0.2) is 30.9 Å². The van der Waals surface area contributed by atoms with E-state index in [1.54, 1.807) is 0 Å². The number of hydrogen-bond donors (Lipinski definition) is 1. The second kappa shape index (κ2) is 9.64. The molecule has 0 aliphatic carbocycles. The molecule has 3 heteroatoms. The second-order valence-electron chi connectivity index (χ2n) is 4.59. The largest absolute Gasteiger partial charge is 0.346 e. The molecular formula is C13H28N2O. The fraction of sp³-hybridized carbons (Fsp3) is 0.923. The monoisotopic (exact) mass is 228 g/mol. The van der Waals surface area contributed by atoms with Crippen LogP contribution in [0.15, 0.2) is 0 Å². The minimum absolute atomic E-state index is 0.278. The Bertz CT molecular complexity index is 177. The topological polar surface area (TPSA) is 46.3 Å². The van der Waals surface area contributed by atoms with Crippen molar-refractivity contribution in [1.29, 1.82) is 0 Å². The zero-order chi connectivity index (χ0) is 12.4. The van der Waals surface area contributed by atoms with Gasteiger partial charge in [0.05, 0.1) is 0 Å². The fourth-order valence-corrected chi connectivity index (χ4v) is 2.06. The van der Waals surface area contributed by atoms with E-state index in [4.69, 9.17) is 5.73 Å². The molecule has 0 spiro atoms. The van der Waals surface area contributed by atoms with Crippen LogP contribution in [0.2, 0.25) is 0 Å². The van der Waals surface area contributed by atoms with Crippen LogP contribution < -0.4 is 5.73 Å². The lowest BCUT2D eigenvalue weighted by molar-refractivity contribution is -0.130. The van der Waals surface area contributed by atoms with Crippen molar-refractivity contribution < 1.29 is 4.79 Å². The average molecular weight is 228 g/mol. The lowest BCUT2D eigenvalue weighted by Gasteiger charge is -2.19. The first-order valence-corrected chi connectivity index (χ1v) is 6.59. The third-order valence-corrected chi connectivity index (χ3v) is 3.02. The average Bonchev–Trinajstić information content (AvgIpc) is 2.26. The number of carbonyl (C=O) groups excluding carboxylic acids is 1. The van der Waals surface area contributed by atoms with Crippen molar-refractivity contribution in [3.05, 3.63) is 0 Å². The first-order chi connectivity index (χ1) is 7.65. The summed E-state index contributed by atoms with van der Waals surface area (Å²) in [7, 11) is 1.89. The van der Waals surface area contributed by atoms with Crippen molar-refractivity contribution in [2.24, 2.45) is 11.7 Å². The van der Waals surface area contributed by atoms with Crippen LogP contribution in [0.25, 0.3) is 0 Å². The van der Waals surface area contributed by atoms with Crippen LogP contribution in [0.4, 0.5) is 0 Å². The first kappa shape index (κ1) is 15.4. The summed E-state index contributed by atoms with van der Waals surface area (Å²) in [6.45, 7) is 5.89. The molecule has 0 saturated heterocycles. The van der Waals surface area contributed by atoms with Crippen molar-refractivity contribution in [3.63, 3.8) is 0 Å². The molecule has 1 amide bonds. The maximum atomic E-state index is 11.7. The minimum atomic E-state index is 0.278. The van der Waals surface area contributed by atoms with Crippen molar-refractivity contribution in [2.75, 3.05) is 20.1 Å². The Hall–Kier alpha value is -0.570. The molecule has 3 nitrogen and oxygen atoms in total. The van der Waals surface area contributed by atoms with Crippen LogP contribution >= 0.6 is 0 Å². The highest BCUT2D eigenvalue weighted by Crippen LogP contribution is 2.17. The van der Waals surface area contributed by atoms with Gasteiger partial charge in [0.2, 0.25) is 5.91 Å². The van der Waals surface area contributed by atoms with E-state index >= 15 is 0 Å². The molecule has 0 saturated carbocycles. The Labute approximate surface area is 100 Å². The highest BCUT2D eigenvalue weighted by atomic mass is 16.2. The number of nitrogens with zero attached hydrogens (tertiary/aromatic N) is 1. The molecule has 0 aliphatic heterocycles. The SMILES string of the molecule is CCCC(CCN)CCC(=O)N(C)CCC. The normalized spacial score (nSPS) is 12.5. The number of nitrogens with two attached hydrogens (primary N) is 1. The predicted molar refractivity (Wildman–Crippen MR) is 69.2 cm³/mol. The zero-order valence-corrected chi connectivity index (χ0v) is 11.2. The summed E-state index contributed by atoms with van der Waals surface area (Å²) < 4.78 is 0. The standard InChI is InChI=1S/C13H28N2O/c1-4-6-12(9-10-14)7-8-13(16)15(3)11-5-2/h12H,4-11,14H2,1-3H3. The maximum absolute atomic E-state index is 11.7. The van der Waals surface area contributed by atoms with Gasteiger partial charge in [-0.1, -0.05) is 26.7 Å². The Kier molecular flexibility index (Phi) is 9.30. The van der Waals surface area contributed by atoms with Crippen LogP contribution in [0, 0.1) is 5.92 Å². The molecule has 1 atom stereocenters. The fourth-order valence-electron chi connectivity index (χ4n) is 2.06. The molecule has 0 rings (SSSR count). The Balaban J connectivity index is 3.85. The summed E-state index contributed by atoms with van der Waals surface area (Å²) in [6, 6.07) is 0. The Morgan fingerprint density at radius 3 is 2.38 bits per heavy atom. The molecule has 0 radical (unpaired) electrons. The first-order valence-electron chi connectivity index (χ1n) is 6.59. The van der Waals surface area contributed by atoms with Gasteiger partial charge in [-0.15, -0.1) is 0 Å². The van der Waals surface area contributed by atoms with Gasteiger partial charge in [-0.3, -0.25) is 4.79 Å². The molecule has 1 unspecified atom stereocenters. The molecule has 0 aromatic rings. The van der Waals surface area contributed by atoms with E-state index < -0.39 is 0 Å². The summed E-state index contributed by atoms with van der Waals surface area (Å²) in [5, 5.41) is 0. The molecule has 16 heavy (non-hydrogen) atoms. The predicted octanol–water partition coefficient (Wildman–Crippen LogP) is 2.40. The van der Waals surface area contributed by atoms with Crippen molar-refractivity contribution in [1.82, 2.24) is 4.90 Å². The van der Waals surface area contributed by atoms with Crippen molar-refractivity contribution >= 4 is 5.91 Å². The lowest BCUT2D eigenvalue weighted by atomic mass is 9.94. The maximum Gasteiger partial charge on any atom is 0.222 e. The van der Waals surface area contributed by atoms with E-state index in [0.29, 0.717) is 12.3 Å². The van der Waals surface area contributed by atoms with Crippen molar-refractivity contribution in [2.45, 2.75) is 52.4 Å². The molecule has 0 aromatic heterocycles. The van der Waals surface area contributed by atoms with E-state index in [1.165, 1.54) is 12.8 Å². The molecule has 96 valence electrons.